The van der Waals surface area contributed by atoms with Crippen molar-refractivity contribution in [2.24, 2.45) is 41.4 Å². The highest BCUT2D eigenvalue weighted by Gasteiger charge is 2.62. The maximum atomic E-state index is 12.3. The Morgan fingerprint density at radius 1 is 1.15 bits per heavy atom. The molecule has 110 valence electrons. The molecule has 4 rings (SSSR count). The molecule has 7 atom stereocenters. The average Bonchev–Trinajstić information content (AvgIpc) is 3.15. The van der Waals surface area contributed by atoms with Gasteiger partial charge in [0.05, 0.1) is 12.0 Å². The van der Waals surface area contributed by atoms with Crippen LogP contribution in [-0.2, 0) is 14.3 Å². The first kappa shape index (κ1) is 12.9. The Labute approximate surface area is 120 Å². The third-order valence-corrected chi connectivity index (χ3v) is 6.18. The molecule has 4 aliphatic rings. The Hall–Kier alpha value is -0.830. The molecular formula is C17H24O3. The number of carbonyl (C=O) groups excluding carboxylic acids is 1. The van der Waals surface area contributed by atoms with E-state index in [1.807, 2.05) is 13.8 Å². The van der Waals surface area contributed by atoms with E-state index >= 15 is 0 Å². The van der Waals surface area contributed by atoms with Gasteiger partial charge in [0.15, 0.2) is 6.79 Å². The van der Waals surface area contributed by atoms with Crippen LogP contribution in [0.4, 0.5) is 0 Å². The molecule has 0 saturated heterocycles. The van der Waals surface area contributed by atoms with Crippen molar-refractivity contribution in [2.45, 2.75) is 39.2 Å². The fraction of sp³-hybridized carbons (Fsp3) is 0.824. The summed E-state index contributed by atoms with van der Waals surface area (Å²) in [5.74, 6) is 4.71. The van der Waals surface area contributed by atoms with Crippen LogP contribution in [0, 0.1) is 41.4 Å². The van der Waals surface area contributed by atoms with E-state index in [1.165, 1.54) is 12.8 Å². The second kappa shape index (κ2) is 4.59. The van der Waals surface area contributed by atoms with E-state index in [1.54, 1.807) is 0 Å². The monoisotopic (exact) mass is 276 g/mol. The first-order valence-corrected chi connectivity index (χ1v) is 8.11. The lowest BCUT2D eigenvalue weighted by Gasteiger charge is -2.35. The summed E-state index contributed by atoms with van der Waals surface area (Å²) in [6.45, 7) is 4.03. The number of ether oxygens (including phenoxy) is 2. The molecule has 20 heavy (non-hydrogen) atoms. The number of hydrogen-bond donors (Lipinski definition) is 0. The largest absolute Gasteiger partial charge is 0.438 e. The van der Waals surface area contributed by atoms with Crippen molar-refractivity contribution in [3.8, 4) is 0 Å². The summed E-state index contributed by atoms with van der Waals surface area (Å²) >= 11 is 0. The van der Waals surface area contributed by atoms with Gasteiger partial charge in [-0.05, 0) is 68.6 Å². The number of rotatable bonds is 4. The molecule has 0 aromatic heterocycles. The van der Waals surface area contributed by atoms with Crippen molar-refractivity contribution in [2.75, 3.05) is 6.79 Å². The number of esters is 1. The molecule has 3 fully saturated rings. The summed E-state index contributed by atoms with van der Waals surface area (Å²) in [7, 11) is 0. The van der Waals surface area contributed by atoms with Gasteiger partial charge in [-0.1, -0.05) is 12.2 Å². The summed E-state index contributed by atoms with van der Waals surface area (Å²) in [6, 6.07) is 0. The second-order valence-corrected chi connectivity index (χ2v) is 7.40. The lowest BCUT2D eigenvalue weighted by molar-refractivity contribution is -0.167. The first-order chi connectivity index (χ1) is 9.65. The average molecular weight is 276 g/mol. The molecule has 0 radical (unpaired) electrons. The summed E-state index contributed by atoms with van der Waals surface area (Å²) < 4.78 is 10.7. The van der Waals surface area contributed by atoms with Crippen LogP contribution in [0.2, 0.25) is 0 Å². The second-order valence-electron chi connectivity index (χ2n) is 7.40. The smallest absolute Gasteiger partial charge is 0.311 e. The van der Waals surface area contributed by atoms with Crippen LogP contribution in [0.5, 0.6) is 0 Å². The number of fused-ring (bicyclic) bond motifs is 9. The van der Waals surface area contributed by atoms with Gasteiger partial charge >= 0.3 is 5.97 Å². The molecule has 3 heteroatoms. The van der Waals surface area contributed by atoms with Crippen LogP contribution in [-0.4, -0.2) is 18.9 Å². The highest BCUT2D eigenvalue weighted by Crippen LogP contribution is 2.67. The van der Waals surface area contributed by atoms with Gasteiger partial charge in [-0.15, -0.1) is 0 Å². The van der Waals surface area contributed by atoms with Gasteiger partial charge in [0.1, 0.15) is 0 Å². The van der Waals surface area contributed by atoms with E-state index < -0.39 is 0 Å². The van der Waals surface area contributed by atoms with Crippen LogP contribution in [0.1, 0.15) is 33.1 Å². The minimum atomic E-state index is -0.0108. The SMILES string of the molecule is CC(C)OCOC(=O)C1CC2CC1C1C3C=CC(C3)C21. The van der Waals surface area contributed by atoms with Crippen molar-refractivity contribution in [3.63, 3.8) is 0 Å². The van der Waals surface area contributed by atoms with E-state index in [0.717, 1.165) is 36.0 Å². The van der Waals surface area contributed by atoms with E-state index in [2.05, 4.69) is 12.2 Å². The molecule has 0 heterocycles. The molecule has 7 unspecified atom stereocenters. The van der Waals surface area contributed by atoms with E-state index in [0.29, 0.717) is 5.92 Å². The van der Waals surface area contributed by atoms with E-state index in [4.69, 9.17) is 9.47 Å². The zero-order valence-corrected chi connectivity index (χ0v) is 12.3. The predicted molar refractivity (Wildman–Crippen MR) is 74.6 cm³/mol. The van der Waals surface area contributed by atoms with Gasteiger partial charge in [-0.3, -0.25) is 4.79 Å². The highest BCUT2D eigenvalue weighted by atomic mass is 16.7. The third kappa shape index (κ3) is 1.78. The Morgan fingerprint density at radius 2 is 1.90 bits per heavy atom. The Kier molecular flexibility index (Phi) is 2.95. The van der Waals surface area contributed by atoms with Gasteiger partial charge < -0.3 is 9.47 Å². The van der Waals surface area contributed by atoms with Gasteiger partial charge in [0.2, 0.25) is 0 Å². The number of allylic oxidation sites excluding steroid dienone is 2. The van der Waals surface area contributed by atoms with Crippen LogP contribution >= 0.6 is 0 Å². The van der Waals surface area contributed by atoms with Gasteiger partial charge in [-0.25, -0.2) is 0 Å². The first-order valence-electron chi connectivity index (χ1n) is 8.11. The van der Waals surface area contributed by atoms with Crippen molar-refractivity contribution in [1.29, 1.82) is 0 Å². The van der Waals surface area contributed by atoms with Gasteiger partial charge in [-0.2, -0.15) is 0 Å². The fourth-order valence-electron chi connectivity index (χ4n) is 5.62. The van der Waals surface area contributed by atoms with Crippen LogP contribution < -0.4 is 0 Å². The molecule has 3 saturated carbocycles. The summed E-state index contributed by atoms with van der Waals surface area (Å²) in [5.41, 5.74) is 0. The topological polar surface area (TPSA) is 35.5 Å². The quantitative estimate of drug-likeness (QED) is 0.343. The molecule has 4 bridgehead atoms. The Morgan fingerprint density at radius 3 is 2.65 bits per heavy atom. The van der Waals surface area contributed by atoms with E-state index in [-0.39, 0.29) is 24.8 Å². The van der Waals surface area contributed by atoms with Gasteiger partial charge in [0, 0.05) is 0 Å². The zero-order valence-electron chi connectivity index (χ0n) is 12.3. The fourth-order valence-corrected chi connectivity index (χ4v) is 5.62. The Balaban J connectivity index is 1.40. The van der Waals surface area contributed by atoms with Crippen molar-refractivity contribution < 1.29 is 14.3 Å². The number of carbonyl (C=O) groups is 1. The molecule has 3 nitrogen and oxygen atoms in total. The minimum absolute atomic E-state index is 0.0108. The Bertz CT molecular complexity index is 442. The molecule has 0 amide bonds. The maximum absolute atomic E-state index is 12.3. The summed E-state index contributed by atoms with van der Waals surface area (Å²) in [6.07, 6.45) is 8.63. The predicted octanol–water partition coefficient (Wildman–Crippen LogP) is 3.01. The third-order valence-electron chi connectivity index (χ3n) is 6.18. The van der Waals surface area contributed by atoms with Gasteiger partial charge in [0.25, 0.3) is 0 Å². The lowest BCUT2D eigenvalue weighted by Crippen LogP contribution is -2.35. The van der Waals surface area contributed by atoms with Crippen LogP contribution in [0.3, 0.4) is 0 Å². The highest BCUT2D eigenvalue weighted by molar-refractivity contribution is 5.73. The minimum Gasteiger partial charge on any atom is -0.438 e. The van der Waals surface area contributed by atoms with E-state index in [9.17, 15) is 4.79 Å². The van der Waals surface area contributed by atoms with Crippen LogP contribution in [0.15, 0.2) is 12.2 Å². The molecule has 0 aromatic carbocycles. The van der Waals surface area contributed by atoms with Crippen molar-refractivity contribution >= 4 is 5.97 Å². The standard InChI is InChI=1S/C17H24O3/c1-9(2)19-8-20-17(18)14-7-12-6-13(14)16-11-4-3-10(5-11)15(12)16/h3-4,9-16H,5-8H2,1-2H3. The number of hydrogen-bond acceptors (Lipinski definition) is 3. The van der Waals surface area contributed by atoms with Crippen LogP contribution in [0.25, 0.3) is 0 Å². The van der Waals surface area contributed by atoms with Crippen molar-refractivity contribution in [1.82, 2.24) is 0 Å². The molecular weight excluding hydrogens is 252 g/mol. The maximum Gasteiger partial charge on any atom is 0.311 e. The summed E-state index contributed by atoms with van der Waals surface area (Å²) in [5, 5.41) is 0. The normalized spacial score (nSPS) is 47.2. The van der Waals surface area contributed by atoms with Crippen molar-refractivity contribution in [3.05, 3.63) is 12.2 Å². The molecule has 0 N–H and O–H groups in total. The molecule has 4 aliphatic carbocycles. The summed E-state index contributed by atoms with van der Waals surface area (Å²) in [4.78, 5) is 12.3. The molecule has 0 spiro atoms. The molecule has 0 aromatic rings. The zero-order chi connectivity index (χ0) is 13.9. The molecule has 0 aliphatic heterocycles. The lowest BCUT2D eigenvalue weighted by atomic mass is 9.69.